The van der Waals surface area contributed by atoms with Gasteiger partial charge in [-0.1, -0.05) is 12.2 Å². The Hall–Kier alpha value is -0.750. The van der Waals surface area contributed by atoms with Crippen molar-refractivity contribution in [2.75, 3.05) is 10.6 Å². The van der Waals surface area contributed by atoms with Crippen LogP contribution in [0.2, 0.25) is 0 Å². The molecular weight excluding hydrogens is 298 g/mol. The third kappa shape index (κ3) is 1.69. The molecule has 0 saturated carbocycles. The Labute approximate surface area is 106 Å². The zero-order valence-corrected chi connectivity index (χ0v) is 11.0. The van der Waals surface area contributed by atoms with Crippen LogP contribution in [0.25, 0.3) is 0 Å². The molecule has 2 rings (SSSR count). The SMILES string of the molecule is CC1(C)Nc2cc(F)c(Br)c(F)c2NC1=S. The molecule has 6 heteroatoms. The molecule has 1 aromatic rings. The van der Waals surface area contributed by atoms with Gasteiger partial charge in [-0.15, -0.1) is 0 Å². The van der Waals surface area contributed by atoms with Crippen molar-refractivity contribution in [1.29, 1.82) is 0 Å². The molecule has 0 atom stereocenters. The summed E-state index contributed by atoms with van der Waals surface area (Å²) in [5, 5.41) is 5.77. The van der Waals surface area contributed by atoms with Gasteiger partial charge in [0.2, 0.25) is 0 Å². The van der Waals surface area contributed by atoms with E-state index in [-0.39, 0.29) is 10.2 Å². The first-order valence-corrected chi connectivity index (χ1v) is 5.80. The number of hydrogen-bond donors (Lipinski definition) is 2. The Balaban J connectivity index is 2.61. The van der Waals surface area contributed by atoms with Gasteiger partial charge in [0.1, 0.15) is 16.5 Å². The molecule has 16 heavy (non-hydrogen) atoms. The summed E-state index contributed by atoms with van der Waals surface area (Å²) in [5.74, 6) is -1.32. The fourth-order valence-electron chi connectivity index (χ4n) is 1.48. The van der Waals surface area contributed by atoms with E-state index in [2.05, 4.69) is 26.6 Å². The van der Waals surface area contributed by atoms with E-state index in [1.807, 2.05) is 13.8 Å². The summed E-state index contributed by atoms with van der Waals surface area (Å²) < 4.78 is 26.9. The van der Waals surface area contributed by atoms with Gasteiger partial charge in [0.15, 0.2) is 5.82 Å². The second-order valence-electron chi connectivity index (χ2n) is 4.11. The van der Waals surface area contributed by atoms with E-state index < -0.39 is 17.2 Å². The van der Waals surface area contributed by atoms with E-state index in [0.29, 0.717) is 10.7 Å². The zero-order chi connectivity index (χ0) is 12.1. The van der Waals surface area contributed by atoms with Crippen molar-refractivity contribution in [3.8, 4) is 0 Å². The van der Waals surface area contributed by atoms with Gasteiger partial charge < -0.3 is 10.6 Å². The minimum absolute atomic E-state index is 0.178. The fraction of sp³-hybridized carbons (Fsp3) is 0.300. The molecule has 0 fully saturated rings. The number of benzene rings is 1. The highest BCUT2D eigenvalue weighted by atomic mass is 79.9. The van der Waals surface area contributed by atoms with Crippen LogP contribution in [0.5, 0.6) is 0 Å². The minimum atomic E-state index is -0.680. The highest BCUT2D eigenvalue weighted by Gasteiger charge is 2.32. The van der Waals surface area contributed by atoms with Crippen molar-refractivity contribution in [3.05, 3.63) is 22.2 Å². The number of anilines is 2. The van der Waals surface area contributed by atoms with E-state index in [1.165, 1.54) is 6.07 Å². The maximum atomic E-state index is 13.7. The van der Waals surface area contributed by atoms with E-state index in [9.17, 15) is 8.78 Å². The first-order valence-electron chi connectivity index (χ1n) is 4.60. The molecule has 1 aromatic carbocycles. The molecule has 86 valence electrons. The molecule has 0 aliphatic carbocycles. The largest absolute Gasteiger partial charge is 0.372 e. The summed E-state index contributed by atoms with van der Waals surface area (Å²) in [5.41, 5.74) is 0.0316. The van der Waals surface area contributed by atoms with Gasteiger partial charge in [-0.2, -0.15) is 0 Å². The predicted octanol–water partition coefficient (Wildman–Crippen LogP) is 3.67. The fourth-order valence-corrected chi connectivity index (χ4v) is 1.94. The van der Waals surface area contributed by atoms with Gasteiger partial charge in [0.05, 0.1) is 15.7 Å². The molecule has 0 aromatic heterocycles. The molecule has 1 aliphatic heterocycles. The number of rotatable bonds is 0. The van der Waals surface area contributed by atoms with E-state index in [0.717, 1.165) is 0 Å². The Morgan fingerprint density at radius 2 is 2.00 bits per heavy atom. The lowest BCUT2D eigenvalue weighted by Gasteiger charge is -2.35. The molecule has 1 heterocycles. The topological polar surface area (TPSA) is 24.1 Å². The Morgan fingerprint density at radius 1 is 1.38 bits per heavy atom. The number of nitrogens with one attached hydrogen (secondary N) is 2. The van der Waals surface area contributed by atoms with Gasteiger partial charge in [0, 0.05) is 6.07 Å². The Kier molecular flexibility index (Phi) is 2.66. The van der Waals surface area contributed by atoms with Crippen LogP contribution in [0.4, 0.5) is 20.2 Å². The summed E-state index contributed by atoms with van der Waals surface area (Å²) in [7, 11) is 0. The maximum absolute atomic E-state index is 13.7. The molecule has 2 N–H and O–H groups in total. The molecule has 0 spiro atoms. The molecule has 2 nitrogen and oxygen atoms in total. The van der Waals surface area contributed by atoms with Gasteiger partial charge >= 0.3 is 0 Å². The van der Waals surface area contributed by atoms with Crippen molar-refractivity contribution in [2.24, 2.45) is 0 Å². The highest BCUT2D eigenvalue weighted by Crippen LogP contribution is 2.38. The van der Waals surface area contributed by atoms with Crippen LogP contribution in [0.3, 0.4) is 0 Å². The van der Waals surface area contributed by atoms with Crippen molar-refractivity contribution in [3.63, 3.8) is 0 Å². The summed E-state index contributed by atoms with van der Waals surface area (Å²) in [4.78, 5) is 0.470. The Bertz CT molecular complexity index is 488. The average Bonchev–Trinajstić information content (AvgIpc) is 2.18. The number of fused-ring (bicyclic) bond motifs is 1. The lowest BCUT2D eigenvalue weighted by Crippen LogP contribution is -2.46. The third-order valence-corrected chi connectivity index (χ3v) is 3.75. The zero-order valence-electron chi connectivity index (χ0n) is 8.62. The molecule has 0 amide bonds. The lowest BCUT2D eigenvalue weighted by molar-refractivity contribution is 0.573. The molecule has 0 unspecified atom stereocenters. The van der Waals surface area contributed by atoms with Crippen molar-refractivity contribution in [2.45, 2.75) is 19.4 Å². The van der Waals surface area contributed by atoms with Crippen LogP contribution in [0.15, 0.2) is 10.5 Å². The van der Waals surface area contributed by atoms with Gasteiger partial charge in [-0.05, 0) is 29.8 Å². The molecule has 0 bridgehead atoms. The standard InChI is InChI=1S/C10H9BrF2N2S/c1-10(2)9(16)14-8-5(15-10)3-4(12)6(11)7(8)13/h3,15H,1-2H3,(H,14,16). The number of halogens is 3. The quantitative estimate of drug-likeness (QED) is 0.565. The smallest absolute Gasteiger partial charge is 0.165 e. The van der Waals surface area contributed by atoms with Gasteiger partial charge in [-0.25, -0.2) is 8.78 Å². The monoisotopic (exact) mass is 306 g/mol. The summed E-state index contributed by atoms with van der Waals surface area (Å²) in [6, 6.07) is 1.24. The van der Waals surface area contributed by atoms with Crippen LogP contribution in [0, 0.1) is 11.6 Å². The van der Waals surface area contributed by atoms with E-state index >= 15 is 0 Å². The maximum Gasteiger partial charge on any atom is 0.165 e. The van der Waals surface area contributed by atoms with Crippen molar-refractivity contribution in [1.82, 2.24) is 0 Å². The summed E-state index contributed by atoms with van der Waals surface area (Å²) >= 11 is 7.95. The summed E-state index contributed by atoms with van der Waals surface area (Å²) in [6.45, 7) is 3.67. The lowest BCUT2D eigenvalue weighted by atomic mass is 10.0. The second kappa shape index (κ2) is 3.63. The van der Waals surface area contributed by atoms with E-state index in [4.69, 9.17) is 12.2 Å². The van der Waals surface area contributed by atoms with Crippen LogP contribution in [0.1, 0.15) is 13.8 Å². The van der Waals surface area contributed by atoms with E-state index in [1.54, 1.807) is 0 Å². The van der Waals surface area contributed by atoms with Gasteiger partial charge in [0.25, 0.3) is 0 Å². The Morgan fingerprint density at radius 3 is 2.62 bits per heavy atom. The predicted molar refractivity (Wildman–Crippen MR) is 68.0 cm³/mol. The normalized spacial score (nSPS) is 17.4. The minimum Gasteiger partial charge on any atom is -0.372 e. The first-order chi connectivity index (χ1) is 7.33. The van der Waals surface area contributed by atoms with Crippen molar-refractivity contribution < 1.29 is 8.78 Å². The molecular formula is C10H9BrF2N2S. The van der Waals surface area contributed by atoms with Crippen LogP contribution in [-0.2, 0) is 0 Å². The van der Waals surface area contributed by atoms with Crippen LogP contribution < -0.4 is 10.6 Å². The number of thiocarbonyl (C=S) groups is 1. The van der Waals surface area contributed by atoms with Crippen LogP contribution >= 0.6 is 28.1 Å². The first kappa shape index (κ1) is 11.7. The van der Waals surface area contributed by atoms with Gasteiger partial charge in [-0.3, -0.25) is 0 Å². The van der Waals surface area contributed by atoms with Crippen LogP contribution in [-0.4, -0.2) is 10.5 Å². The van der Waals surface area contributed by atoms with Crippen molar-refractivity contribution >= 4 is 44.5 Å². The third-order valence-electron chi connectivity index (χ3n) is 2.42. The average molecular weight is 307 g/mol. The molecule has 0 radical (unpaired) electrons. The summed E-state index contributed by atoms with van der Waals surface area (Å²) in [6.07, 6.45) is 0. The second-order valence-corrected chi connectivity index (χ2v) is 5.31. The number of hydrogen-bond acceptors (Lipinski definition) is 2. The molecule has 0 saturated heterocycles. The highest BCUT2D eigenvalue weighted by molar-refractivity contribution is 9.10. The molecule has 1 aliphatic rings.